The molecule has 0 saturated heterocycles. The largest absolute Gasteiger partial charge is 0.495 e. The highest BCUT2D eigenvalue weighted by molar-refractivity contribution is 9.10. The Morgan fingerprint density at radius 2 is 2.10 bits per heavy atom. The van der Waals surface area contributed by atoms with E-state index in [0.29, 0.717) is 22.8 Å². The number of para-hydroxylation sites is 1. The van der Waals surface area contributed by atoms with Crippen LogP contribution in [0.2, 0.25) is 0 Å². The fourth-order valence-corrected chi connectivity index (χ4v) is 1.94. The number of nitrogens with two attached hydrogens (primary N) is 1. The first kappa shape index (κ1) is 14.3. The van der Waals surface area contributed by atoms with Gasteiger partial charge in [0.2, 0.25) is 0 Å². The van der Waals surface area contributed by atoms with Gasteiger partial charge in [0, 0.05) is 4.47 Å². The van der Waals surface area contributed by atoms with Crippen molar-refractivity contribution < 1.29 is 9.53 Å². The number of hydrogen-bond acceptors (Lipinski definition) is 4. The zero-order valence-corrected chi connectivity index (χ0v) is 12.7. The highest BCUT2D eigenvalue weighted by atomic mass is 79.9. The Hall–Kier alpha value is -2.08. The van der Waals surface area contributed by atoms with Crippen LogP contribution in [-0.2, 0) is 0 Å². The van der Waals surface area contributed by atoms with Gasteiger partial charge >= 0.3 is 0 Å². The Labute approximate surface area is 125 Å². The number of hydrogen-bond donors (Lipinski definition) is 2. The molecule has 0 atom stereocenters. The summed E-state index contributed by atoms with van der Waals surface area (Å²) in [7, 11) is 1.51. The molecule has 1 heterocycles. The van der Waals surface area contributed by atoms with E-state index in [2.05, 4.69) is 26.2 Å². The fourth-order valence-electron chi connectivity index (χ4n) is 1.72. The molecule has 3 N–H and O–H groups in total. The van der Waals surface area contributed by atoms with Crippen LogP contribution >= 0.6 is 15.9 Å². The predicted molar refractivity (Wildman–Crippen MR) is 82.0 cm³/mol. The van der Waals surface area contributed by atoms with Gasteiger partial charge in [-0.1, -0.05) is 6.07 Å². The summed E-state index contributed by atoms with van der Waals surface area (Å²) in [5.41, 5.74) is 7.34. The van der Waals surface area contributed by atoms with Gasteiger partial charge in [-0.25, -0.2) is 4.98 Å². The highest BCUT2D eigenvalue weighted by Crippen LogP contribution is 2.25. The zero-order valence-electron chi connectivity index (χ0n) is 11.1. The first-order valence-electron chi connectivity index (χ1n) is 5.90. The van der Waals surface area contributed by atoms with Crippen molar-refractivity contribution in [1.82, 2.24) is 4.98 Å². The van der Waals surface area contributed by atoms with E-state index in [4.69, 9.17) is 10.5 Å². The van der Waals surface area contributed by atoms with Gasteiger partial charge in [0.05, 0.1) is 24.1 Å². The van der Waals surface area contributed by atoms with Crippen molar-refractivity contribution in [2.24, 2.45) is 0 Å². The van der Waals surface area contributed by atoms with Gasteiger partial charge < -0.3 is 15.8 Å². The maximum Gasteiger partial charge on any atom is 0.259 e. The van der Waals surface area contributed by atoms with Crippen molar-refractivity contribution in [2.45, 2.75) is 6.92 Å². The Morgan fingerprint density at radius 3 is 2.75 bits per heavy atom. The lowest BCUT2D eigenvalue weighted by molar-refractivity contribution is 0.102. The number of anilines is 2. The van der Waals surface area contributed by atoms with E-state index in [1.807, 2.05) is 13.0 Å². The third-order valence-corrected chi connectivity index (χ3v) is 3.63. The smallest absolute Gasteiger partial charge is 0.259 e. The van der Waals surface area contributed by atoms with Gasteiger partial charge in [-0.15, -0.1) is 0 Å². The second kappa shape index (κ2) is 5.92. The SMILES string of the molecule is COc1cccc(C(=O)Nc2ccc(Br)c(C)n2)c1N. The molecule has 104 valence electrons. The van der Waals surface area contributed by atoms with Gasteiger partial charge in [0.1, 0.15) is 11.6 Å². The average molecular weight is 336 g/mol. The summed E-state index contributed by atoms with van der Waals surface area (Å²) in [6, 6.07) is 8.59. The van der Waals surface area contributed by atoms with Crippen molar-refractivity contribution in [2.75, 3.05) is 18.2 Å². The number of pyridine rings is 1. The highest BCUT2D eigenvalue weighted by Gasteiger charge is 2.13. The molecule has 2 rings (SSSR count). The lowest BCUT2D eigenvalue weighted by atomic mass is 10.1. The predicted octanol–water partition coefficient (Wildman–Crippen LogP) is 3.00. The van der Waals surface area contributed by atoms with Gasteiger partial charge in [-0.05, 0) is 47.1 Å². The average Bonchev–Trinajstić information content (AvgIpc) is 2.43. The topological polar surface area (TPSA) is 77.2 Å². The van der Waals surface area contributed by atoms with Crippen LogP contribution in [0, 0.1) is 6.92 Å². The minimum absolute atomic E-state index is 0.307. The van der Waals surface area contributed by atoms with E-state index in [0.717, 1.165) is 10.2 Å². The second-order valence-electron chi connectivity index (χ2n) is 4.14. The molecule has 0 saturated carbocycles. The number of methoxy groups -OCH3 is 1. The molecule has 5 nitrogen and oxygen atoms in total. The van der Waals surface area contributed by atoms with E-state index < -0.39 is 0 Å². The lowest BCUT2D eigenvalue weighted by Gasteiger charge is -2.10. The molecule has 0 radical (unpaired) electrons. The number of nitrogens with zero attached hydrogens (tertiary/aromatic N) is 1. The van der Waals surface area contributed by atoms with Gasteiger partial charge in [-0.2, -0.15) is 0 Å². The Balaban J connectivity index is 2.26. The number of ether oxygens (including phenoxy) is 1. The standard InChI is InChI=1S/C14H14BrN3O2/c1-8-10(15)6-7-12(17-8)18-14(19)9-4-3-5-11(20-2)13(9)16/h3-7H,16H2,1-2H3,(H,17,18,19). The van der Waals surface area contributed by atoms with Crippen molar-refractivity contribution >= 4 is 33.3 Å². The number of nitrogens with one attached hydrogen (secondary N) is 1. The van der Waals surface area contributed by atoms with E-state index in [9.17, 15) is 4.79 Å². The van der Waals surface area contributed by atoms with E-state index in [1.54, 1.807) is 24.3 Å². The molecule has 1 aromatic heterocycles. The van der Waals surface area contributed by atoms with Crippen LogP contribution in [-0.4, -0.2) is 18.0 Å². The summed E-state index contributed by atoms with van der Waals surface area (Å²) in [5.74, 6) is 0.617. The monoisotopic (exact) mass is 335 g/mol. The molecular formula is C14H14BrN3O2. The van der Waals surface area contributed by atoms with E-state index in [-0.39, 0.29) is 5.91 Å². The van der Waals surface area contributed by atoms with Gasteiger partial charge in [0.15, 0.2) is 0 Å². The molecule has 0 aliphatic heterocycles. The van der Waals surface area contributed by atoms with Crippen LogP contribution in [0.4, 0.5) is 11.5 Å². The number of rotatable bonds is 3. The maximum absolute atomic E-state index is 12.2. The Kier molecular flexibility index (Phi) is 4.24. The van der Waals surface area contributed by atoms with Crippen LogP contribution in [0.15, 0.2) is 34.8 Å². The van der Waals surface area contributed by atoms with Crippen molar-refractivity contribution in [3.05, 3.63) is 46.1 Å². The lowest BCUT2D eigenvalue weighted by Crippen LogP contribution is -2.15. The Morgan fingerprint density at radius 1 is 1.35 bits per heavy atom. The van der Waals surface area contributed by atoms with E-state index >= 15 is 0 Å². The van der Waals surface area contributed by atoms with Crippen molar-refractivity contribution in [3.8, 4) is 5.75 Å². The number of carbonyl (C=O) groups excluding carboxylic acids is 1. The quantitative estimate of drug-likeness (QED) is 0.845. The first-order chi connectivity index (χ1) is 9.52. The summed E-state index contributed by atoms with van der Waals surface area (Å²) >= 11 is 3.36. The number of carbonyl (C=O) groups is 1. The number of amides is 1. The first-order valence-corrected chi connectivity index (χ1v) is 6.69. The summed E-state index contributed by atoms with van der Waals surface area (Å²) < 4.78 is 5.98. The summed E-state index contributed by atoms with van der Waals surface area (Å²) in [4.78, 5) is 16.5. The number of nitrogen functional groups attached to an aromatic ring is 1. The number of aryl methyl sites for hydroxylation is 1. The number of halogens is 1. The maximum atomic E-state index is 12.2. The number of aromatic nitrogens is 1. The van der Waals surface area contributed by atoms with Crippen LogP contribution < -0.4 is 15.8 Å². The zero-order chi connectivity index (χ0) is 14.7. The molecule has 1 aromatic carbocycles. The summed E-state index contributed by atoms with van der Waals surface area (Å²) in [5, 5.41) is 2.71. The van der Waals surface area contributed by atoms with Crippen LogP contribution in [0.25, 0.3) is 0 Å². The minimum Gasteiger partial charge on any atom is -0.495 e. The van der Waals surface area contributed by atoms with Crippen LogP contribution in [0.1, 0.15) is 16.1 Å². The molecule has 20 heavy (non-hydrogen) atoms. The fraction of sp³-hybridized carbons (Fsp3) is 0.143. The molecule has 0 spiro atoms. The summed E-state index contributed by atoms with van der Waals surface area (Å²) in [6.07, 6.45) is 0. The minimum atomic E-state index is -0.323. The second-order valence-corrected chi connectivity index (χ2v) is 4.99. The molecule has 0 aliphatic rings. The third-order valence-electron chi connectivity index (χ3n) is 2.79. The molecule has 2 aromatic rings. The molecule has 0 fully saturated rings. The molecular weight excluding hydrogens is 322 g/mol. The van der Waals surface area contributed by atoms with E-state index in [1.165, 1.54) is 7.11 Å². The van der Waals surface area contributed by atoms with Crippen molar-refractivity contribution in [3.63, 3.8) is 0 Å². The number of benzene rings is 1. The van der Waals surface area contributed by atoms with Gasteiger partial charge in [0.25, 0.3) is 5.91 Å². The molecule has 0 bridgehead atoms. The van der Waals surface area contributed by atoms with Crippen LogP contribution in [0.5, 0.6) is 5.75 Å². The van der Waals surface area contributed by atoms with Crippen LogP contribution in [0.3, 0.4) is 0 Å². The molecule has 1 amide bonds. The molecule has 6 heteroatoms. The third kappa shape index (κ3) is 2.91. The Bertz CT molecular complexity index is 659. The normalized spacial score (nSPS) is 10.2. The molecule has 0 unspecified atom stereocenters. The van der Waals surface area contributed by atoms with Gasteiger partial charge in [-0.3, -0.25) is 4.79 Å². The summed E-state index contributed by atoms with van der Waals surface area (Å²) in [6.45, 7) is 1.85. The van der Waals surface area contributed by atoms with Crippen molar-refractivity contribution in [1.29, 1.82) is 0 Å². The molecule has 0 aliphatic carbocycles.